The molecule has 1 aromatic rings. The van der Waals surface area contributed by atoms with E-state index < -0.39 is 5.60 Å². The first-order chi connectivity index (χ1) is 8.93. The Bertz CT molecular complexity index is 375. The Morgan fingerprint density at radius 2 is 2.00 bits per heavy atom. The van der Waals surface area contributed by atoms with Gasteiger partial charge in [-0.25, -0.2) is 0 Å². The summed E-state index contributed by atoms with van der Waals surface area (Å²) < 4.78 is 5.12. The second-order valence-electron chi connectivity index (χ2n) is 5.95. The monoisotopic (exact) mass is 265 g/mol. The molecular formula is C16H27NO2. The first-order valence-electron chi connectivity index (χ1n) is 6.93. The molecule has 0 aromatic heterocycles. The number of methoxy groups -OCH3 is 1. The molecule has 0 saturated carbocycles. The van der Waals surface area contributed by atoms with E-state index in [9.17, 15) is 5.11 Å². The van der Waals surface area contributed by atoms with Gasteiger partial charge >= 0.3 is 0 Å². The van der Waals surface area contributed by atoms with Gasteiger partial charge in [0.15, 0.2) is 0 Å². The van der Waals surface area contributed by atoms with Crippen LogP contribution in [0.3, 0.4) is 0 Å². The van der Waals surface area contributed by atoms with E-state index in [1.807, 2.05) is 13.0 Å². The fourth-order valence-electron chi connectivity index (χ4n) is 2.42. The topological polar surface area (TPSA) is 41.5 Å². The molecule has 3 heteroatoms. The molecule has 0 aliphatic heterocycles. The second-order valence-corrected chi connectivity index (χ2v) is 5.95. The minimum atomic E-state index is -0.641. The van der Waals surface area contributed by atoms with Crippen LogP contribution in [0.1, 0.15) is 38.3 Å². The van der Waals surface area contributed by atoms with Gasteiger partial charge in [0.25, 0.3) is 0 Å². The SMILES string of the molecule is COCc1cccc(CNCC(C)(O)CC(C)C)c1. The fraction of sp³-hybridized carbons (Fsp3) is 0.625. The molecule has 0 spiro atoms. The summed E-state index contributed by atoms with van der Waals surface area (Å²) in [5, 5.41) is 13.5. The molecule has 2 N–H and O–H groups in total. The zero-order valence-corrected chi connectivity index (χ0v) is 12.6. The minimum Gasteiger partial charge on any atom is -0.389 e. The summed E-state index contributed by atoms with van der Waals surface area (Å²) in [6.45, 7) is 8.16. The molecule has 0 aliphatic rings. The lowest BCUT2D eigenvalue weighted by atomic mass is 9.94. The molecule has 0 amide bonds. The predicted molar refractivity (Wildman–Crippen MR) is 78.9 cm³/mol. The van der Waals surface area contributed by atoms with Gasteiger partial charge in [-0.2, -0.15) is 0 Å². The van der Waals surface area contributed by atoms with Gasteiger partial charge in [-0.3, -0.25) is 0 Å². The predicted octanol–water partition coefficient (Wildman–Crippen LogP) is 2.72. The van der Waals surface area contributed by atoms with E-state index in [2.05, 4.69) is 37.4 Å². The van der Waals surface area contributed by atoms with Crippen LogP contribution in [0.15, 0.2) is 24.3 Å². The lowest BCUT2D eigenvalue weighted by Gasteiger charge is -2.25. The largest absolute Gasteiger partial charge is 0.389 e. The van der Waals surface area contributed by atoms with E-state index >= 15 is 0 Å². The van der Waals surface area contributed by atoms with Gasteiger partial charge < -0.3 is 15.2 Å². The smallest absolute Gasteiger partial charge is 0.0746 e. The average molecular weight is 265 g/mol. The summed E-state index contributed by atoms with van der Waals surface area (Å²) in [4.78, 5) is 0. The maximum absolute atomic E-state index is 10.2. The summed E-state index contributed by atoms with van der Waals surface area (Å²) in [6, 6.07) is 8.32. The van der Waals surface area contributed by atoms with E-state index in [1.165, 1.54) is 11.1 Å². The second kappa shape index (κ2) is 7.63. The van der Waals surface area contributed by atoms with Crippen molar-refractivity contribution in [1.29, 1.82) is 0 Å². The van der Waals surface area contributed by atoms with Crippen molar-refractivity contribution < 1.29 is 9.84 Å². The van der Waals surface area contributed by atoms with Crippen LogP contribution in [-0.4, -0.2) is 24.4 Å². The van der Waals surface area contributed by atoms with Crippen LogP contribution < -0.4 is 5.32 Å². The maximum Gasteiger partial charge on any atom is 0.0746 e. The molecule has 1 unspecified atom stereocenters. The summed E-state index contributed by atoms with van der Waals surface area (Å²) >= 11 is 0. The van der Waals surface area contributed by atoms with E-state index in [-0.39, 0.29) is 0 Å². The molecule has 0 bridgehead atoms. The van der Waals surface area contributed by atoms with Gasteiger partial charge in [0.1, 0.15) is 0 Å². The van der Waals surface area contributed by atoms with Gasteiger partial charge in [0.05, 0.1) is 12.2 Å². The van der Waals surface area contributed by atoms with Gasteiger partial charge in [-0.1, -0.05) is 38.1 Å². The summed E-state index contributed by atoms with van der Waals surface area (Å²) in [7, 11) is 1.70. The quantitative estimate of drug-likeness (QED) is 0.759. The molecule has 1 aromatic carbocycles. The minimum absolute atomic E-state index is 0.502. The van der Waals surface area contributed by atoms with Crippen molar-refractivity contribution in [2.75, 3.05) is 13.7 Å². The highest BCUT2D eigenvalue weighted by Gasteiger charge is 2.20. The van der Waals surface area contributed by atoms with Crippen molar-refractivity contribution in [3.63, 3.8) is 0 Å². The first-order valence-corrected chi connectivity index (χ1v) is 6.93. The van der Waals surface area contributed by atoms with Crippen LogP contribution in [0, 0.1) is 5.92 Å². The first kappa shape index (κ1) is 16.2. The Balaban J connectivity index is 2.42. The molecule has 1 atom stereocenters. The maximum atomic E-state index is 10.2. The lowest BCUT2D eigenvalue weighted by molar-refractivity contribution is 0.0383. The molecule has 0 radical (unpaired) electrons. The molecule has 19 heavy (non-hydrogen) atoms. The molecule has 3 nitrogen and oxygen atoms in total. The van der Waals surface area contributed by atoms with Crippen molar-refractivity contribution in [3.8, 4) is 0 Å². The summed E-state index contributed by atoms with van der Waals surface area (Å²) in [5.74, 6) is 0.502. The highest BCUT2D eigenvalue weighted by molar-refractivity contribution is 5.22. The third-order valence-electron chi connectivity index (χ3n) is 2.99. The molecule has 0 aliphatic carbocycles. The highest BCUT2D eigenvalue weighted by atomic mass is 16.5. The Kier molecular flexibility index (Phi) is 6.49. The number of hydrogen-bond donors (Lipinski definition) is 2. The standard InChI is InChI=1S/C16H27NO2/c1-13(2)9-16(3,18)12-17-10-14-6-5-7-15(8-14)11-19-4/h5-8,13,17-18H,9-12H2,1-4H3. The van der Waals surface area contributed by atoms with Gasteiger partial charge in [0, 0.05) is 20.2 Å². The molecular weight excluding hydrogens is 238 g/mol. The Morgan fingerprint density at radius 3 is 2.63 bits per heavy atom. The zero-order chi connectivity index (χ0) is 14.3. The van der Waals surface area contributed by atoms with Crippen molar-refractivity contribution in [3.05, 3.63) is 35.4 Å². The normalized spacial score (nSPS) is 14.6. The van der Waals surface area contributed by atoms with Gasteiger partial charge in [0.2, 0.25) is 0 Å². The van der Waals surface area contributed by atoms with Gasteiger partial charge in [-0.05, 0) is 30.4 Å². The molecule has 0 fully saturated rings. The lowest BCUT2D eigenvalue weighted by Crippen LogP contribution is -2.38. The third-order valence-corrected chi connectivity index (χ3v) is 2.99. The van der Waals surface area contributed by atoms with Crippen molar-refractivity contribution in [2.45, 2.75) is 45.9 Å². The average Bonchev–Trinajstić information content (AvgIpc) is 2.27. The molecule has 108 valence electrons. The van der Waals surface area contributed by atoms with Crippen LogP contribution in [0.2, 0.25) is 0 Å². The van der Waals surface area contributed by atoms with Crippen molar-refractivity contribution in [1.82, 2.24) is 5.32 Å². The van der Waals surface area contributed by atoms with E-state index in [0.717, 1.165) is 13.0 Å². The van der Waals surface area contributed by atoms with Crippen LogP contribution in [-0.2, 0) is 17.9 Å². The molecule has 1 rings (SSSR count). The van der Waals surface area contributed by atoms with E-state index in [4.69, 9.17) is 4.74 Å². The highest BCUT2D eigenvalue weighted by Crippen LogP contribution is 2.15. The third kappa shape index (κ3) is 6.71. The number of ether oxygens (including phenoxy) is 1. The number of hydrogen-bond acceptors (Lipinski definition) is 3. The van der Waals surface area contributed by atoms with Crippen molar-refractivity contribution >= 4 is 0 Å². The van der Waals surface area contributed by atoms with Gasteiger partial charge in [-0.15, -0.1) is 0 Å². The van der Waals surface area contributed by atoms with Crippen molar-refractivity contribution in [2.24, 2.45) is 5.92 Å². The fourth-order valence-corrected chi connectivity index (χ4v) is 2.42. The van der Waals surface area contributed by atoms with Crippen LogP contribution >= 0.6 is 0 Å². The summed E-state index contributed by atoms with van der Waals surface area (Å²) in [5.41, 5.74) is 1.75. The Labute approximate surface area is 117 Å². The number of aliphatic hydroxyl groups is 1. The number of nitrogens with one attached hydrogen (secondary N) is 1. The molecule has 0 heterocycles. The number of benzene rings is 1. The number of rotatable bonds is 8. The zero-order valence-electron chi connectivity index (χ0n) is 12.6. The Morgan fingerprint density at radius 1 is 1.32 bits per heavy atom. The van der Waals surface area contributed by atoms with E-state index in [0.29, 0.717) is 19.1 Å². The van der Waals surface area contributed by atoms with E-state index in [1.54, 1.807) is 7.11 Å². The van der Waals surface area contributed by atoms with Crippen LogP contribution in [0.4, 0.5) is 0 Å². The van der Waals surface area contributed by atoms with Crippen LogP contribution in [0.25, 0.3) is 0 Å². The Hall–Kier alpha value is -0.900. The van der Waals surface area contributed by atoms with Crippen LogP contribution in [0.5, 0.6) is 0 Å². The molecule has 0 saturated heterocycles. The summed E-state index contributed by atoms with van der Waals surface area (Å²) in [6.07, 6.45) is 0.809.